The highest BCUT2D eigenvalue weighted by atomic mass is 79.9. The van der Waals surface area contributed by atoms with Crippen molar-refractivity contribution < 1.29 is 0 Å². The minimum absolute atomic E-state index is 0.191. The number of rotatable bonds is 4. The molecule has 1 saturated carbocycles. The van der Waals surface area contributed by atoms with E-state index in [4.69, 9.17) is 5.73 Å². The number of nitrogens with two attached hydrogens (primary N) is 1. The third-order valence-electron chi connectivity index (χ3n) is 3.88. The molecule has 4 unspecified atom stereocenters. The lowest BCUT2D eigenvalue weighted by Gasteiger charge is -2.31. The fourth-order valence-corrected chi connectivity index (χ4v) is 5.02. The van der Waals surface area contributed by atoms with Gasteiger partial charge in [-0.2, -0.15) is 0 Å². The van der Waals surface area contributed by atoms with E-state index in [1.807, 2.05) is 0 Å². The number of halogens is 1. The molecular formula is C16H24BrNS. The summed E-state index contributed by atoms with van der Waals surface area (Å²) in [5, 5.41) is 1.19. The summed E-state index contributed by atoms with van der Waals surface area (Å²) >= 11 is 5.66. The van der Waals surface area contributed by atoms with E-state index in [9.17, 15) is 0 Å². The molecule has 0 radical (unpaired) electrons. The molecule has 1 aliphatic carbocycles. The maximum atomic E-state index is 6.23. The van der Waals surface area contributed by atoms with E-state index in [-0.39, 0.29) is 6.04 Å². The Bertz CT molecular complexity index is 407. The lowest BCUT2D eigenvalue weighted by atomic mass is 9.90. The quantitative estimate of drug-likeness (QED) is 0.819. The van der Waals surface area contributed by atoms with Crippen LogP contribution in [0.2, 0.25) is 0 Å². The Morgan fingerprint density at radius 3 is 2.79 bits per heavy atom. The highest BCUT2D eigenvalue weighted by Crippen LogP contribution is 2.41. The Labute approximate surface area is 129 Å². The van der Waals surface area contributed by atoms with Crippen LogP contribution in [-0.2, 0) is 0 Å². The van der Waals surface area contributed by atoms with Crippen LogP contribution in [0, 0.1) is 5.92 Å². The van der Waals surface area contributed by atoms with Crippen molar-refractivity contribution in [2.45, 2.75) is 56.1 Å². The summed E-state index contributed by atoms with van der Waals surface area (Å²) in [4.78, 5) is 0. The first-order chi connectivity index (χ1) is 9.06. The fraction of sp³-hybridized carbons (Fsp3) is 0.625. The standard InChI is InChI=1S/C16H24BrNS/c1-11-5-3-8-15(9-11)19-16(12(2)18)13-6-4-7-14(17)10-13/h4,6-7,10-12,15-16H,3,5,8-9,18H2,1-2H3. The third kappa shape index (κ3) is 4.51. The Hall–Kier alpha value is 0.01000. The summed E-state index contributed by atoms with van der Waals surface area (Å²) in [5.74, 6) is 0.877. The molecule has 1 aliphatic rings. The molecule has 0 aliphatic heterocycles. The van der Waals surface area contributed by atoms with Gasteiger partial charge in [0, 0.05) is 21.0 Å². The molecular weight excluding hydrogens is 318 g/mol. The summed E-state index contributed by atoms with van der Waals surface area (Å²) in [6.07, 6.45) is 5.48. The first-order valence-corrected chi connectivity index (χ1v) is 8.96. The van der Waals surface area contributed by atoms with E-state index in [1.54, 1.807) is 0 Å². The van der Waals surface area contributed by atoms with E-state index in [2.05, 4.69) is 65.8 Å². The SMILES string of the molecule is CC1CCCC(SC(c2cccc(Br)c2)C(C)N)C1. The van der Waals surface area contributed by atoms with Crippen LogP contribution in [-0.4, -0.2) is 11.3 Å². The maximum Gasteiger partial charge on any atom is 0.0448 e. The van der Waals surface area contributed by atoms with Gasteiger partial charge in [-0.15, -0.1) is 11.8 Å². The van der Waals surface area contributed by atoms with Gasteiger partial charge in [-0.25, -0.2) is 0 Å². The minimum atomic E-state index is 0.191. The number of hydrogen-bond donors (Lipinski definition) is 1. The molecule has 3 heteroatoms. The van der Waals surface area contributed by atoms with Crippen LogP contribution in [0.4, 0.5) is 0 Å². The largest absolute Gasteiger partial charge is 0.327 e. The molecule has 0 bridgehead atoms. The van der Waals surface area contributed by atoms with Crippen LogP contribution in [0.1, 0.15) is 50.3 Å². The van der Waals surface area contributed by atoms with Crippen molar-refractivity contribution in [2.24, 2.45) is 11.7 Å². The van der Waals surface area contributed by atoms with Gasteiger partial charge >= 0.3 is 0 Å². The number of hydrogen-bond acceptors (Lipinski definition) is 2. The van der Waals surface area contributed by atoms with Crippen LogP contribution < -0.4 is 5.73 Å². The smallest absolute Gasteiger partial charge is 0.0448 e. The predicted octanol–water partition coefficient (Wildman–Crippen LogP) is 5.15. The van der Waals surface area contributed by atoms with Crippen molar-refractivity contribution in [3.8, 4) is 0 Å². The van der Waals surface area contributed by atoms with Crippen LogP contribution in [0.3, 0.4) is 0 Å². The molecule has 0 amide bonds. The molecule has 1 fully saturated rings. The van der Waals surface area contributed by atoms with Crippen LogP contribution in [0.15, 0.2) is 28.7 Å². The first kappa shape index (κ1) is 15.4. The molecule has 0 aromatic heterocycles. The molecule has 19 heavy (non-hydrogen) atoms. The van der Waals surface area contributed by atoms with Crippen LogP contribution in [0.5, 0.6) is 0 Å². The van der Waals surface area contributed by atoms with Crippen molar-refractivity contribution in [3.63, 3.8) is 0 Å². The zero-order valence-electron chi connectivity index (χ0n) is 11.8. The zero-order chi connectivity index (χ0) is 13.8. The van der Waals surface area contributed by atoms with Gasteiger partial charge in [0.25, 0.3) is 0 Å². The van der Waals surface area contributed by atoms with Gasteiger partial charge in [-0.05, 0) is 43.4 Å². The second-order valence-corrected chi connectivity index (χ2v) is 8.23. The molecule has 1 aromatic carbocycles. The van der Waals surface area contributed by atoms with Gasteiger partial charge in [0.15, 0.2) is 0 Å². The molecule has 0 spiro atoms. The van der Waals surface area contributed by atoms with Crippen molar-refractivity contribution in [3.05, 3.63) is 34.3 Å². The van der Waals surface area contributed by atoms with Crippen molar-refractivity contribution in [2.75, 3.05) is 0 Å². The third-order valence-corrected chi connectivity index (χ3v) is 6.18. The number of benzene rings is 1. The lowest BCUT2D eigenvalue weighted by molar-refractivity contribution is 0.393. The average Bonchev–Trinajstić information content (AvgIpc) is 2.35. The summed E-state index contributed by atoms with van der Waals surface area (Å²) in [7, 11) is 0. The fourth-order valence-electron chi connectivity index (χ4n) is 2.90. The minimum Gasteiger partial charge on any atom is -0.327 e. The monoisotopic (exact) mass is 341 g/mol. The van der Waals surface area contributed by atoms with Gasteiger partial charge in [0.05, 0.1) is 0 Å². The Morgan fingerprint density at radius 1 is 1.37 bits per heavy atom. The topological polar surface area (TPSA) is 26.0 Å². The van der Waals surface area contributed by atoms with Gasteiger partial charge in [0.2, 0.25) is 0 Å². The highest BCUT2D eigenvalue weighted by molar-refractivity contribution is 9.10. The predicted molar refractivity (Wildman–Crippen MR) is 89.5 cm³/mol. The summed E-state index contributed by atoms with van der Waals surface area (Å²) in [5.41, 5.74) is 7.59. The first-order valence-electron chi connectivity index (χ1n) is 7.22. The molecule has 0 saturated heterocycles. The average molecular weight is 342 g/mol. The van der Waals surface area contributed by atoms with Gasteiger partial charge < -0.3 is 5.73 Å². The Balaban J connectivity index is 2.08. The van der Waals surface area contributed by atoms with Crippen LogP contribution >= 0.6 is 27.7 Å². The molecule has 2 rings (SSSR count). The molecule has 106 valence electrons. The van der Waals surface area contributed by atoms with Gasteiger partial charge in [-0.1, -0.05) is 47.8 Å². The molecule has 1 nitrogen and oxygen atoms in total. The molecule has 4 atom stereocenters. The summed E-state index contributed by atoms with van der Waals surface area (Å²) in [6, 6.07) is 8.80. The normalized spacial score (nSPS) is 26.9. The highest BCUT2D eigenvalue weighted by Gasteiger charge is 2.25. The van der Waals surface area contributed by atoms with E-state index in [0.717, 1.165) is 15.6 Å². The molecule has 2 N–H and O–H groups in total. The number of thioether (sulfide) groups is 1. The zero-order valence-corrected chi connectivity index (χ0v) is 14.2. The van der Waals surface area contributed by atoms with Gasteiger partial charge in [-0.3, -0.25) is 0 Å². The second kappa shape index (κ2) is 7.14. The van der Waals surface area contributed by atoms with E-state index in [0.29, 0.717) is 5.25 Å². The maximum absolute atomic E-state index is 6.23. The summed E-state index contributed by atoms with van der Waals surface area (Å²) in [6.45, 7) is 4.51. The van der Waals surface area contributed by atoms with Crippen LogP contribution in [0.25, 0.3) is 0 Å². The lowest BCUT2D eigenvalue weighted by Crippen LogP contribution is -2.26. The summed E-state index contributed by atoms with van der Waals surface area (Å²) < 4.78 is 1.15. The van der Waals surface area contributed by atoms with Crippen molar-refractivity contribution in [1.29, 1.82) is 0 Å². The van der Waals surface area contributed by atoms with Crippen molar-refractivity contribution >= 4 is 27.7 Å². The van der Waals surface area contributed by atoms with E-state index < -0.39 is 0 Å². The Kier molecular flexibility index (Phi) is 5.79. The van der Waals surface area contributed by atoms with Crippen molar-refractivity contribution in [1.82, 2.24) is 0 Å². The second-order valence-electron chi connectivity index (χ2n) is 5.86. The van der Waals surface area contributed by atoms with Gasteiger partial charge in [0.1, 0.15) is 0 Å². The van der Waals surface area contributed by atoms with E-state index in [1.165, 1.54) is 31.2 Å². The molecule has 1 aromatic rings. The molecule has 0 heterocycles. The van der Waals surface area contributed by atoms with E-state index >= 15 is 0 Å². The Morgan fingerprint density at radius 2 is 2.16 bits per heavy atom.